The molecule has 2 rings (SSSR count). The lowest BCUT2D eigenvalue weighted by atomic mass is 9.61. The first-order valence-corrected chi connectivity index (χ1v) is 10.9. The molecule has 0 radical (unpaired) electrons. The van der Waals surface area contributed by atoms with Gasteiger partial charge in [-0.2, -0.15) is 0 Å². The molecular formula is C25H33NO6. The average Bonchev–Trinajstić information content (AvgIpc) is 2.76. The third kappa shape index (κ3) is 5.46. The first-order chi connectivity index (χ1) is 15.2. The lowest BCUT2D eigenvalue weighted by Gasteiger charge is -2.43. The molecule has 0 spiro atoms. The number of Topliss-reactive ketones (excluding diaryl/α,β-unsaturated/α-hetero) is 1. The molecule has 1 N–H and O–H groups in total. The van der Waals surface area contributed by atoms with Gasteiger partial charge in [-0.3, -0.25) is 14.4 Å². The molecule has 7 heteroatoms. The maximum Gasteiger partial charge on any atom is 0.317 e. The second-order valence-electron chi connectivity index (χ2n) is 8.08. The SMILES string of the molecule is C=CCOC(=O)[C@@H]1C(=O)C[C@](C)(O)[C@H](C(=O)OCC=C)[C@H]1c1ccc(N(CC)CC)cc1. The van der Waals surface area contributed by atoms with E-state index in [9.17, 15) is 19.5 Å². The van der Waals surface area contributed by atoms with Crippen molar-refractivity contribution in [3.8, 4) is 0 Å². The summed E-state index contributed by atoms with van der Waals surface area (Å²) in [6.07, 6.45) is 2.47. The van der Waals surface area contributed by atoms with Gasteiger partial charge in [0.05, 0.1) is 11.5 Å². The van der Waals surface area contributed by atoms with E-state index in [-0.39, 0.29) is 19.6 Å². The second kappa shape index (κ2) is 11.1. The van der Waals surface area contributed by atoms with Crippen molar-refractivity contribution in [2.75, 3.05) is 31.2 Å². The Labute approximate surface area is 189 Å². The van der Waals surface area contributed by atoms with E-state index in [0.29, 0.717) is 5.56 Å². The summed E-state index contributed by atoms with van der Waals surface area (Å²) in [5.41, 5.74) is -0.133. The van der Waals surface area contributed by atoms with Crippen molar-refractivity contribution >= 4 is 23.4 Å². The zero-order valence-electron chi connectivity index (χ0n) is 19.1. The molecule has 32 heavy (non-hydrogen) atoms. The molecule has 0 aliphatic heterocycles. The minimum Gasteiger partial charge on any atom is -0.461 e. The van der Waals surface area contributed by atoms with Gasteiger partial charge >= 0.3 is 11.9 Å². The van der Waals surface area contributed by atoms with Crippen LogP contribution in [0.2, 0.25) is 0 Å². The molecule has 1 aliphatic carbocycles. The summed E-state index contributed by atoms with van der Waals surface area (Å²) in [6.45, 7) is 14.1. The largest absolute Gasteiger partial charge is 0.461 e. The predicted octanol–water partition coefficient (Wildman–Crippen LogP) is 3.03. The smallest absolute Gasteiger partial charge is 0.317 e. The lowest BCUT2D eigenvalue weighted by Crippen LogP contribution is -2.55. The molecule has 0 unspecified atom stereocenters. The highest BCUT2D eigenvalue weighted by Crippen LogP contribution is 2.47. The number of esters is 2. The Morgan fingerprint density at radius 3 is 2.12 bits per heavy atom. The van der Waals surface area contributed by atoms with Crippen LogP contribution in [0.3, 0.4) is 0 Å². The van der Waals surface area contributed by atoms with E-state index in [2.05, 4.69) is 18.1 Å². The molecular weight excluding hydrogens is 410 g/mol. The fourth-order valence-electron chi connectivity index (χ4n) is 4.37. The zero-order valence-corrected chi connectivity index (χ0v) is 19.1. The summed E-state index contributed by atoms with van der Waals surface area (Å²) < 4.78 is 10.4. The molecule has 0 saturated heterocycles. The van der Waals surface area contributed by atoms with Gasteiger partial charge in [0, 0.05) is 31.1 Å². The minimum atomic E-state index is -1.69. The molecule has 1 aromatic rings. The summed E-state index contributed by atoms with van der Waals surface area (Å²) >= 11 is 0. The molecule has 0 bridgehead atoms. The minimum absolute atomic E-state index is 0.0431. The Hall–Kier alpha value is -2.93. The Bertz CT molecular complexity index is 840. The molecule has 7 nitrogen and oxygen atoms in total. The van der Waals surface area contributed by atoms with Crippen LogP contribution in [0.4, 0.5) is 5.69 Å². The van der Waals surface area contributed by atoms with Crippen molar-refractivity contribution in [1.82, 2.24) is 0 Å². The van der Waals surface area contributed by atoms with Gasteiger partial charge in [0.2, 0.25) is 0 Å². The van der Waals surface area contributed by atoms with Crippen LogP contribution in [0.15, 0.2) is 49.6 Å². The van der Waals surface area contributed by atoms with Crippen LogP contribution in [0.25, 0.3) is 0 Å². The highest BCUT2D eigenvalue weighted by molar-refractivity contribution is 6.02. The predicted molar refractivity (Wildman–Crippen MR) is 122 cm³/mol. The van der Waals surface area contributed by atoms with Crippen LogP contribution in [0, 0.1) is 11.8 Å². The van der Waals surface area contributed by atoms with Crippen LogP contribution in [0.1, 0.15) is 38.7 Å². The number of rotatable bonds is 10. The number of carbonyl (C=O) groups is 3. The van der Waals surface area contributed by atoms with E-state index in [1.54, 1.807) is 12.1 Å². The lowest BCUT2D eigenvalue weighted by molar-refractivity contribution is -0.171. The van der Waals surface area contributed by atoms with Gasteiger partial charge in [-0.25, -0.2) is 0 Å². The van der Waals surface area contributed by atoms with Gasteiger partial charge in [0.15, 0.2) is 5.78 Å². The standard InChI is InChI=1S/C25H33NO6/c1-6-14-31-23(28)21-19(27)16-25(5,30)22(24(29)32-15-7-2)20(21)17-10-12-18(13-11-17)26(8-3)9-4/h6-7,10-13,20-22,30H,1-2,8-9,14-16H2,3-5H3/t20-,21+,22-,25-/m0/s1. The normalized spacial score (nSPS) is 25.0. The number of anilines is 1. The number of aliphatic hydroxyl groups is 1. The summed E-state index contributed by atoms with van der Waals surface area (Å²) in [6, 6.07) is 7.34. The fourth-order valence-corrected chi connectivity index (χ4v) is 4.37. The molecule has 0 heterocycles. The molecule has 1 saturated carbocycles. The van der Waals surface area contributed by atoms with Gasteiger partial charge in [0.1, 0.15) is 19.1 Å². The Morgan fingerprint density at radius 1 is 1.09 bits per heavy atom. The Kier molecular flexibility index (Phi) is 8.78. The zero-order chi connectivity index (χ0) is 23.9. The van der Waals surface area contributed by atoms with Gasteiger partial charge in [0.25, 0.3) is 0 Å². The second-order valence-corrected chi connectivity index (χ2v) is 8.08. The third-order valence-electron chi connectivity index (χ3n) is 5.87. The molecule has 1 aliphatic rings. The van der Waals surface area contributed by atoms with E-state index in [1.165, 1.54) is 19.1 Å². The molecule has 1 fully saturated rings. The maximum atomic E-state index is 13.0. The van der Waals surface area contributed by atoms with E-state index in [1.807, 2.05) is 26.0 Å². The number of ether oxygens (including phenoxy) is 2. The van der Waals surface area contributed by atoms with Crippen LogP contribution < -0.4 is 4.90 Å². The average molecular weight is 444 g/mol. The van der Waals surface area contributed by atoms with Crippen molar-refractivity contribution in [3.63, 3.8) is 0 Å². The van der Waals surface area contributed by atoms with Crippen molar-refractivity contribution in [1.29, 1.82) is 0 Å². The van der Waals surface area contributed by atoms with Crippen LogP contribution in [-0.4, -0.2) is 54.7 Å². The fraction of sp³-hybridized carbons (Fsp3) is 0.480. The van der Waals surface area contributed by atoms with Crippen LogP contribution in [-0.2, 0) is 23.9 Å². The van der Waals surface area contributed by atoms with Crippen LogP contribution >= 0.6 is 0 Å². The number of nitrogens with zero attached hydrogens (tertiary/aromatic N) is 1. The first kappa shape index (κ1) is 25.3. The van der Waals surface area contributed by atoms with E-state index in [4.69, 9.17) is 9.47 Å². The van der Waals surface area contributed by atoms with E-state index < -0.39 is 41.1 Å². The van der Waals surface area contributed by atoms with E-state index >= 15 is 0 Å². The number of benzene rings is 1. The van der Waals surface area contributed by atoms with Gasteiger partial charge in [-0.15, -0.1) is 0 Å². The molecule has 1 aromatic carbocycles. The van der Waals surface area contributed by atoms with Gasteiger partial charge in [-0.05, 0) is 38.5 Å². The maximum absolute atomic E-state index is 13.0. The quantitative estimate of drug-likeness (QED) is 0.337. The summed E-state index contributed by atoms with van der Waals surface area (Å²) in [4.78, 5) is 41.0. The van der Waals surface area contributed by atoms with Gasteiger partial charge in [-0.1, -0.05) is 37.4 Å². The van der Waals surface area contributed by atoms with Crippen molar-refractivity contribution in [2.24, 2.45) is 11.8 Å². The van der Waals surface area contributed by atoms with Gasteiger partial charge < -0.3 is 19.5 Å². The summed E-state index contributed by atoms with van der Waals surface area (Å²) in [7, 11) is 0. The third-order valence-corrected chi connectivity index (χ3v) is 5.87. The Morgan fingerprint density at radius 2 is 1.62 bits per heavy atom. The summed E-state index contributed by atoms with van der Waals surface area (Å²) in [5.74, 6) is -5.23. The number of hydrogen-bond acceptors (Lipinski definition) is 7. The summed E-state index contributed by atoms with van der Waals surface area (Å²) in [5, 5.41) is 11.1. The number of carbonyl (C=O) groups excluding carboxylic acids is 3. The van der Waals surface area contributed by atoms with Crippen molar-refractivity contribution < 1.29 is 29.0 Å². The molecule has 4 atom stereocenters. The van der Waals surface area contributed by atoms with E-state index in [0.717, 1.165) is 18.8 Å². The highest BCUT2D eigenvalue weighted by atomic mass is 16.5. The number of hydrogen-bond donors (Lipinski definition) is 1. The van der Waals surface area contributed by atoms with Crippen LogP contribution in [0.5, 0.6) is 0 Å². The molecule has 174 valence electrons. The van der Waals surface area contributed by atoms with Crippen molar-refractivity contribution in [2.45, 2.75) is 38.7 Å². The molecule has 0 aromatic heterocycles. The highest BCUT2D eigenvalue weighted by Gasteiger charge is 2.57. The topological polar surface area (TPSA) is 93.1 Å². The Balaban J connectivity index is 2.57. The first-order valence-electron chi connectivity index (χ1n) is 10.9. The number of ketones is 1. The molecule has 0 amide bonds. The monoisotopic (exact) mass is 443 g/mol. The van der Waals surface area contributed by atoms with Crippen molar-refractivity contribution in [3.05, 3.63) is 55.1 Å².